The number of amides is 1. The molecule has 0 aliphatic rings. The summed E-state index contributed by atoms with van der Waals surface area (Å²) in [5.41, 5.74) is 3.18. The number of carbonyl (C=O) groups excluding carboxylic acids is 1. The van der Waals surface area contributed by atoms with E-state index in [1.807, 2.05) is 32.9 Å². The molecule has 2 rings (SSSR count). The highest BCUT2D eigenvalue weighted by molar-refractivity contribution is 6.04. The number of aromatic amines is 1. The Labute approximate surface area is 106 Å². The molecule has 0 aliphatic heterocycles. The summed E-state index contributed by atoms with van der Waals surface area (Å²) in [5, 5.41) is 9.63. The van der Waals surface area contributed by atoms with Gasteiger partial charge in [-0.05, 0) is 32.4 Å². The molecule has 2 aromatic rings. The minimum atomic E-state index is -0.186. The fraction of sp³-hybridized carbons (Fsp3) is 0.308. The lowest BCUT2D eigenvalue weighted by Gasteiger charge is -2.05. The van der Waals surface area contributed by atoms with Crippen LogP contribution in [0.5, 0.6) is 0 Å². The maximum atomic E-state index is 12.0. The highest BCUT2D eigenvalue weighted by Gasteiger charge is 2.11. The van der Waals surface area contributed by atoms with Gasteiger partial charge in [-0.1, -0.05) is 6.92 Å². The van der Waals surface area contributed by atoms with E-state index in [1.54, 1.807) is 6.07 Å². The average Bonchev–Trinajstić information content (AvgIpc) is 2.76. The number of H-pyrrole nitrogens is 1. The Morgan fingerprint density at radius 1 is 1.39 bits per heavy atom. The zero-order chi connectivity index (χ0) is 13.1. The third-order valence-electron chi connectivity index (χ3n) is 2.72. The third kappa shape index (κ3) is 2.56. The fourth-order valence-corrected chi connectivity index (χ4v) is 1.72. The van der Waals surface area contributed by atoms with Crippen LogP contribution in [0, 0.1) is 13.8 Å². The maximum absolute atomic E-state index is 12.0. The Kier molecular flexibility index (Phi) is 3.41. The van der Waals surface area contributed by atoms with Crippen LogP contribution in [0.2, 0.25) is 0 Å². The quantitative estimate of drug-likeness (QED) is 0.869. The number of aromatic nitrogens is 3. The molecular formula is C13H16N4O. The van der Waals surface area contributed by atoms with Gasteiger partial charge in [0.25, 0.3) is 5.91 Å². The number of carbonyl (C=O) groups is 1. The fourth-order valence-electron chi connectivity index (χ4n) is 1.72. The minimum absolute atomic E-state index is 0.186. The summed E-state index contributed by atoms with van der Waals surface area (Å²) in [6.07, 6.45) is 0.855. The van der Waals surface area contributed by atoms with Crippen LogP contribution in [0.1, 0.15) is 34.4 Å². The van der Waals surface area contributed by atoms with Gasteiger partial charge in [-0.3, -0.25) is 14.9 Å². The van der Waals surface area contributed by atoms with Gasteiger partial charge < -0.3 is 5.32 Å². The van der Waals surface area contributed by atoms with Crippen molar-refractivity contribution in [1.29, 1.82) is 0 Å². The first-order valence-corrected chi connectivity index (χ1v) is 5.90. The van der Waals surface area contributed by atoms with E-state index in [4.69, 9.17) is 0 Å². The van der Waals surface area contributed by atoms with Crippen LogP contribution in [0.25, 0.3) is 0 Å². The lowest BCUT2D eigenvalue weighted by atomic mass is 10.2. The van der Waals surface area contributed by atoms with Crippen LogP contribution in [0.15, 0.2) is 18.2 Å². The number of anilines is 1. The number of aryl methyl sites for hydroxylation is 3. The van der Waals surface area contributed by atoms with Gasteiger partial charge in [0.05, 0.1) is 11.3 Å². The van der Waals surface area contributed by atoms with Crippen LogP contribution in [-0.4, -0.2) is 21.1 Å². The molecule has 0 unspecified atom stereocenters. The molecule has 2 heterocycles. The Morgan fingerprint density at radius 3 is 2.78 bits per heavy atom. The van der Waals surface area contributed by atoms with Crippen molar-refractivity contribution in [2.45, 2.75) is 27.2 Å². The summed E-state index contributed by atoms with van der Waals surface area (Å²) >= 11 is 0. The van der Waals surface area contributed by atoms with E-state index in [-0.39, 0.29) is 5.91 Å². The van der Waals surface area contributed by atoms with Crippen LogP contribution in [0.3, 0.4) is 0 Å². The summed E-state index contributed by atoms with van der Waals surface area (Å²) in [6, 6.07) is 5.43. The number of nitrogens with zero attached hydrogens (tertiary/aromatic N) is 2. The molecule has 18 heavy (non-hydrogen) atoms. The molecule has 0 atom stereocenters. The molecule has 0 aliphatic carbocycles. The van der Waals surface area contributed by atoms with Gasteiger partial charge in [-0.25, -0.2) is 0 Å². The SMILES string of the molecule is CCc1cc(NC(=O)c2ccc(C)nc2C)n[nH]1. The van der Waals surface area contributed by atoms with Gasteiger partial charge in [0.1, 0.15) is 0 Å². The summed E-state index contributed by atoms with van der Waals surface area (Å²) in [7, 11) is 0. The molecule has 2 aromatic heterocycles. The molecule has 2 N–H and O–H groups in total. The van der Waals surface area contributed by atoms with Crippen LogP contribution < -0.4 is 5.32 Å². The van der Waals surface area contributed by atoms with E-state index < -0.39 is 0 Å². The van der Waals surface area contributed by atoms with Crippen molar-refractivity contribution >= 4 is 11.7 Å². The average molecular weight is 244 g/mol. The normalized spacial score (nSPS) is 10.4. The monoisotopic (exact) mass is 244 g/mol. The van der Waals surface area contributed by atoms with Crippen molar-refractivity contribution in [3.05, 3.63) is 40.8 Å². The number of hydrogen-bond donors (Lipinski definition) is 2. The Bertz CT molecular complexity index is 574. The minimum Gasteiger partial charge on any atom is -0.305 e. The predicted octanol–water partition coefficient (Wildman–Crippen LogP) is 2.24. The van der Waals surface area contributed by atoms with Crippen LogP contribution in [-0.2, 0) is 6.42 Å². The van der Waals surface area contributed by atoms with Gasteiger partial charge >= 0.3 is 0 Å². The zero-order valence-corrected chi connectivity index (χ0v) is 10.7. The van der Waals surface area contributed by atoms with E-state index in [9.17, 15) is 4.79 Å². The lowest BCUT2D eigenvalue weighted by molar-refractivity contribution is 0.102. The van der Waals surface area contributed by atoms with Crippen molar-refractivity contribution in [3.8, 4) is 0 Å². The van der Waals surface area contributed by atoms with Gasteiger partial charge in [-0.15, -0.1) is 0 Å². The topological polar surface area (TPSA) is 70.7 Å². The number of hydrogen-bond acceptors (Lipinski definition) is 3. The first-order chi connectivity index (χ1) is 8.60. The summed E-state index contributed by atoms with van der Waals surface area (Å²) in [6.45, 7) is 5.74. The van der Waals surface area contributed by atoms with Crippen molar-refractivity contribution < 1.29 is 4.79 Å². The molecule has 0 spiro atoms. The first kappa shape index (κ1) is 12.3. The molecule has 0 saturated heterocycles. The van der Waals surface area contributed by atoms with Gasteiger partial charge in [-0.2, -0.15) is 5.10 Å². The molecule has 5 heteroatoms. The standard InChI is InChI=1S/C13H16N4O/c1-4-10-7-12(17-16-10)15-13(18)11-6-5-8(2)14-9(11)3/h5-7H,4H2,1-3H3,(H2,15,16,17,18). The highest BCUT2D eigenvalue weighted by atomic mass is 16.1. The molecule has 0 fully saturated rings. The maximum Gasteiger partial charge on any atom is 0.258 e. The summed E-state index contributed by atoms with van der Waals surface area (Å²) < 4.78 is 0. The van der Waals surface area contributed by atoms with Crippen molar-refractivity contribution in [2.24, 2.45) is 0 Å². The van der Waals surface area contributed by atoms with Crippen molar-refractivity contribution in [3.63, 3.8) is 0 Å². The summed E-state index contributed by atoms with van der Waals surface area (Å²) in [4.78, 5) is 16.3. The Morgan fingerprint density at radius 2 is 2.17 bits per heavy atom. The van der Waals surface area contributed by atoms with Gasteiger partial charge in [0, 0.05) is 17.5 Å². The Hall–Kier alpha value is -2.17. The largest absolute Gasteiger partial charge is 0.305 e. The zero-order valence-electron chi connectivity index (χ0n) is 10.7. The lowest BCUT2D eigenvalue weighted by Crippen LogP contribution is -2.14. The highest BCUT2D eigenvalue weighted by Crippen LogP contribution is 2.11. The molecule has 0 bridgehead atoms. The molecule has 0 radical (unpaired) electrons. The second-order valence-corrected chi connectivity index (χ2v) is 4.17. The Balaban J connectivity index is 2.16. The van der Waals surface area contributed by atoms with E-state index in [0.29, 0.717) is 11.4 Å². The van der Waals surface area contributed by atoms with Gasteiger partial charge in [0.2, 0.25) is 0 Å². The van der Waals surface area contributed by atoms with Gasteiger partial charge in [0.15, 0.2) is 5.82 Å². The van der Waals surface area contributed by atoms with E-state index >= 15 is 0 Å². The third-order valence-corrected chi connectivity index (χ3v) is 2.72. The van der Waals surface area contributed by atoms with E-state index in [2.05, 4.69) is 20.5 Å². The van der Waals surface area contributed by atoms with E-state index in [1.165, 1.54) is 0 Å². The summed E-state index contributed by atoms with van der Waals surface area (Å²) in [5.74, 6) is 0.353. The van der Waals surface area contributed by atoms with E-state index in [0.717, 1.165) is 23.5 Å². The molecular weight excluding hydrogens is 228 g/mol. The predicted molar refractivity (Wildman–Crippen MR) is 69.6 cm³/mol. The first-order valence-electron chi connectivity index (χ1n) is 5.90. The number of pyridine rings is 1. The number of rotatable bonds is 3. The second kappa shape index (κ2) is 5.00. The second-order valence-electron chi connectivity index (χ2n) is 4.17. The van der Waals surface area contributed by atoms with Crippen LogP contribution >= 0.6 is 0 Å². The molecule has 5 nitrogen and oxygen atoms in total. The van der Waals surface area contributed by atoms with Crippen molar-refractivity contribution in [1.82, 2.24) is 15.2 Å². The smallest absolute Gasteiger partial charge is 0.258 e. The molecule has 94 valence electrons. The molecule has 1 amide bonds. The number of nitrogens with one attached hydrogen (secondary N) is 2. The van der Waals surface area contributed by atoms with Crippen LogP contribution in [0.4, 0.5) is 5.82 Å². The molecule has 0 saturated carbocycles. The molecule has 0 aromatic carbocycles. The van der Waals surface area contributed by atoms with Crippen molar-refractivity contribution in [2.75, 3.05) is 5.32 Å².